The maximum atomic E-state index is 14.1. The normalized spacial score (nSPS) is 14.2. The predicted molar refractivity (Wildman–Crippen MR) is 109 cm³/mol. The van der Waals surface area contributed by atoms with Crippen molar-refractivity contribution >= 4 is 11.6 Å². The third kappa shape index (κ3) is 3.68. The quantitative estimate of drug-likeness (QED) is 0.681. The highest BCUT2D eigenvalue weighted by atomic mass is 19.1. The molecule has 29 heavy (non-hydrogen) atoms. The number of piperazine rings is 1. The van der Waals surface area contributed by atoms with Gasteiger partial charge in [0.2, 0.25) is 0 Å². The van der Waals surface area contributed by atoms with E-state index in [0.29, 0.717) is 43.3 Å². The van der Waals surface area contributed by atoms with Crippen molar-refractivity contribution in [3.63, 3.8) is 0 Å². The highest BCUT2D eigenvalue weighted by Crippen LogP contribution is 2.28. The number of hydrogen-bond acceptors (Lipinski definition) is 4. The van der Waals surface area contributed by atoms with Crippen LogP contribution in [-0.4, -0.2) is 53.9 Å². The van der Waals surface area contributed by atoms with Gasteiger partial charge in [0.1, 0.15) is 17.3 Å². The molecule has 0 saturated carbocycles. The van der Waals surface area contributed by atoms with Crippen LogP contribution in [0.2, 0.25) is 0 Å². The Kier molecular flexibility index (Phi) is 5.20. The summed E-state index contributed by atoms with van der Waals surface area (Å²) in [7, 11) is 1.66. The van der Waals surface area contributed by atoms with Gasteiger partial charge in [-0.15, -0.1) is 0 Å². The van der Waals surface area contributed by atoms with E-state index < -0.39 is 0 Å². The number of nitrogens with zero attached hydrogens (tertiary/aromatic N) is 4. The van der Waals surface area contributed by atoms with Crippen LogP contribution in [0.3, 0.4) is 0 Å². The van der Waals surface area contributed by atoms with Crippen LogP contribution in [0, 0.1) is 12.7 Å². The molecule has 1 aliphatic heterocycles. The van der Waals surface area contributed by atoms with E-state index in [0.717, 1.165) is 11.4 Å². The zero-order valence-corrected chi connectivity index (χ0v) is 16.5. The first-order valence-corrected chi connectivity index (χ1v) is 9.57. The molecule has 1 amide bonds. The van der Waals surface area contributed by atoms with Gasteiger partial charge < -0.3 is 14.5 Å². The smallest absolute Gasteiger partial charge is 0.274 e. The molecule has 0 unspecified atom stereocenters. The van der Waals surface area contributed by atoms with Crippen LogP contribution in [0.15, 0.2) is 54.6 Å². The minimum absolute atomic E-state index is 0.136. The molecule has 2 aromatic carbocycles. The number of methoxy groups -OCH3 is 1. The molecule has 2 heterocycles. The van der Waals surface area contributed by atoms with E-state index in [2.05, 4.69) is 10.00 Å². The predicted octanol–water partition coefficient (Wildman–Crippen LogP) is 3.29. The molecule has 0 aliphatic carbocycles. The number of carbonyl (C=O) groups is 1. The Hall–Kier alpha value is -3.35. The fourth-order valence-electron chi connectivity index (χ4n) is 3.65. The van der Waals surface area contributed by atoms with Crippen LogP contribution in [0.25, 0.3) is 5.69 Å². The van der Waals surface area contributed by atoms with Gasteiger partial charge in [-0.25, -0.2) is 9.07 Å². The van der Waals surface area contributed by atoms with E-state index in [9.17, 15) is 9.18 Å². The van der Waals surface area contributed by atoms with Crippen molar-refractivity contribution in [2.24, 2.45) is 0 Å². The molecule has 4 rings (SSSR count). The van der Waals surface area contributed by atoms with Crippen LogP contribution in [0.4, 0.5) is 10.1 Å². The lowest BCUT2D eigenvalue weighted by molar-refractivity contribution is 0.0740. The Morgan fingerprint density at radius 2 is 1.66 bits per heavy atom. The molecule has 6 nitrogen and oxygen atoms in total. The van der Waals surface area contributed by atoms with E-state index in [1.807, 2.05) is 31.2 Å². The highest BCUT2D eigenvalue weighted by molar-refractivity contribution is 5.92. The van der Waals surface area contributed by atoms with Gasteiger partial charge in [0.15, 0.2) is 5.69 Å². The highest BCUT2D eigenvalue weighted by Gasteiger charge is 2.26. The number of ether oxygens (including phenoxy) is 1. The summed E-state index contributed by atoms with van der Waals surface area (Å²) in [5.41, 5.74) is 2.41. The number of anilines is 1. The Labute approximate surface area is 169 Å². The molecule has 0 radical (unpaired) electrons. The second-order valence-electron chi connectivity index (χ2n) is 6.99. The van der Waals surface area contributed by atoms with E-state index in [1.165, 1.54) is 10.7 Å². The zero-order chi connectivity index (χ0) is 20.4. The minimum Gasteiger partial charge on any atom is -0.495 e. The summed E-state index contributed by atoms with van der Waals surface area (Å²) < 4.78 is 21.0. The zero-order valence-electron chi connectivity index (χ0n) is 16.5. The molecular formula is C22H23FN4O2. The first-order chi connectivity index (χ1) is 14.1. The van der Waals surface area contributed by atoms with Crippen LogP contribution < -0.4 is 9.64 Å². The van der Waals surface area contributed by atoms with Gasteiger partial charge >= 0.3 is 0 Å². The number of hydrogen-bond donors (Lipinski definition) is 0. The van der Waals surface area contributed by atoms with Crippen LogP contribution in [0.5, 0.6) is 5.75 Å². The van der Waals surface area contributed by atoms with Gasteiger partial charge in [0.05, 0.1) is 12.8 Å². The van der Waals surface area contributed by atoms with Crippen molar-refractivity contribution < 1.29 is 13.9 Å². The van der Waals surface area contributed by atoms with Gasteiger partial charge in [0.25, 0.3) is 5.91 Å². The van der Waals surface area contributed by atoms with Crippen molar-refractivity contribution in [3.8, 4) is 11.4 Å². The number of aryl methyl sites for hydroxylation is 1. The lowest BCUT2D eigenvalue weighted by Crippen LogP contribution is -2.49. The summed E-state index contributed by atoms with van der Waals surface area (Å²) >= 11 is 0. The molecule has 0 spiro atoms. The Morgan fingerprint density at radius 1 is 1.00 bits per heavy atom. The minimum atomic E-state index is -0.372. The monoisotopic (exact) mass is 394 g/mol. The standard InChI is InChI=1S/C22H23FN4O2/c1-16-15-18(24-27(16)19-8-4-3-7-17(19)23)22(28)26-13-11-25(12-14-26)20-9-5-6-10-21(20)29-2/h3-10,15H,11-14H2,1-2H3. The average molecular weight is 394 g/mol. The molecule has 7 heteroatoms. The lowest BCUT2D eigenvalue weighted by atomic mass is 10.2. The first-order valence-electron chi connectivity index (χ1n) is 9.57. The molecule has 1 aromatic heterocycles. The van der Waals surface area contributed by atoms with Crippen LogP contribution >= 0.6 is 0 Å². The number of rotatable bonds is 4. The number of benzene rings is 2. The molecule has 0 bridgehead atoms. The third-order valence-corrected chi connectivity index (χ3v) is 5.18. The Morgan fingerprint density at radius 3 is 2.34 bits per heavy atom. The fraction of sp³-hybridized carbons (Fsp3) is 0.273. The SMILES string of the molecule is COc1ccccc1N1CCN(C(=O)c2cc(C)n(-c3ccccc3F)n2)CC1. The number of amides is 1. The van der Waals surface area contributed by atoms with Crippen molar-refractivity contribution in [1.29, 1.82) is 0 Å². The maximum Gasteiger partial charge on any atom is 0.274 e. The van der Waals surface area contributed by atoms with E-state index in [1.54, 1.807) is 36.3 Å². The van der Waals surface area contributed by atoms with E-state index in [-0.39, 0.29) is 11.7 Å². The van der Waals surface area contributed by atoms with Crippen molar-refractivity contribution in [3.05, 3.63) is 71.8 Å². The fourth-order valence-corrected chi connectivity index (χ4v) is 3.65. The van der Waals surface area contributed by atoms with Gasteiger partial charge in [-0.05, 0) is 37.3 Å². The molecule has 1 saturated heterocycles. The van der Waals surface area contributed by atoms with Crippen molar-refractivity contribution in [1.82, 2.24) is 14.7 Å². The van der Waals surface area contributed by atoms with Crippen molar-refractivity contribution in [2.45, 2.75) is 6.92 Å². The molecule has 1 fully saturated rings. The summed E-state index contributed by atoms with van der Waals surface area (Å²) in [5, 5.41) is 4.37. The first kappa shape index (κ1) is 19.0. The molecule has 0 atom stereocenters. The molecule has 150 valence electrons. The van der Waals surface area contributed by atoms with Gasteiger partial charge in [-0.2, -0.15) is 5.10 Å². The summed E-state index contributed by atoms with van der Waals surface area (Å²) in [6, 6.07) is 16.0. The van der Waals surface area contributed by atoms with E-state index in [4.69, 9.17) is 4.74 Å². The second kappa shape index (κ2) is 7.95. The van der Waals surface area contributed by atoms with Crippen molar-refractivity contribution in [2.75, 3.05) is 38.2 Å². The molecular weight excluding hydrogens is 371 g/mol. The maximum absolute atomic E-state index is 14.1. The largest absolute Gasteiger partial charge is 0.495 e. The topological polar surface area (TPSA) is 50.6 Å². The van der Waals surface area contributed by atoms with Crippen LogP contribution in [-0.2, 0) is 0 Å². The number of carbonyl (C=O) groups excluding carboxylic acids is 1. The third-order valence-electron chi connectivity index (χ3n) is 5.18. The van der Waals surface area contributed by atoms with E-state index >= 15 is 0 Å². The van der Waals surface area contributed by atoms with Crippen LogP contribution in [0.1, 0.15) is 16.2 Å². The van der Waals surface area contributed by atoms with Gasteiger partial charge in [0, 0.05) is 31.9 Å². The number of aromatic nitrogens is 2. The van der Waals surface area contributed by atoms with Gasteiger partial charge in [-0.1, -0.05) is 24.3 Å². The summed E-state index contributed by atoms with van der Waals surface area (Å²) in [6.07, 6.45) is 0. The summed E-state index contributed by atoms with van der Waals surface area (Å²) in [5.74, 6) is 0.317. The number of halogens is 1. The summed E-state index contributed by atoms with van der Waals surface area (Å²) in [6.45, 7) is 4.40. The van der Waals surface area contributed by atoms with Gasteiger partial charge in [-0.3, -0.25) is 4.79 Å². The Bertz CT molecular complexity index is 1030. The molecule has 3 aromatic rings. The average Bonchev–Trinajstić information content (AvgIpc) is 3.15. The number of para-hydroxylation sites is 3. The Balaban J connectivity index is 1.48. The second-order valence-corrected chi connectivity index (χ2v) is 6.99. The molecule has 0 N–H and O–H groups in total. The summed E-state index contributed by atoms with van der Waals surface area (Å²) in [4.78, 5) is 17.0. The molecule has 1 aliphatic rings. The lowest BCUT2D eigenvalue weighted by Gasteiger charge is -2.36.